The van der Waals surface area contributed by atoms with Crippen molar-refractivity contribution in [1.29, 1.82) is 0 Å². The van der Waals surface area contributed by atoms with E-state index in [2.05, 4.69) is 17.6 Å². The van der Waals surface area contributed by atoms with Crippen molar-refractivity contribution in [2.75, 3.05) is 0 Å². The molecule has 5 nitrogen and oxygen atoms in total. The van der Waals surface area contributed by atoms with E-state index >= 15 is 0 Å². The number of aromatic amines is 2. The summed E-state index contributed by atoms with van der Waals surface area (Å²) < 4.78 is 0. The minimum absolute atomic E-state index is 0.109. The highest BCUT2D eigenvalue weighted by atomic mass is 32.1. The van der Waals surface area contributed by atoms with Crippen molar-refractivity contribution in [1.82, 2.24) is 9.97 Å². The summed E-state index contributed by atoms with van der Waals surface area (Å²) in [6, 6.07) is 0.969. The van der Waals surface area contributed by atoms with E-state index in [0.29, 0.717) is 0 Å². The number of hydrogen-bond donors (Lipinski definition) is 3. The molecule has 0 radical (unpaired) electrons. The number of carbonyl (C=O) groups excluding carboxylic acids is 1. The summed E-state index contributed by atoms with van der Waals surface area (Å²) in [6.45, 7) is 0. The van der Waals surface area contributed by atoms with Crippen LogP contribution in [0, 0.1) is 0 Å². The Bertz CT molecular complexity index is 363. The molecule has 1 rings (SSSR count). The molecule has 0 unspecified atom stereocenters. The number of carbonyl (C=O) groups is 1. The molecule has 0 aliphatic rings. The molecule has 0 saturated heterocycles. The molecule has 1 aromatic rings. The highest BCUT2D eigenvalue weighted by molar-refractivity contribution is 7.97. The van der Waals surface area contributed by atoms with Gasteiger partial charge in [0.05, 0.1) is 0 Å². The molecular weight excluding hydrogens is 168 g/mol. The SMILES string of the molecule is O=C(S)c1cc(=O)[nH]c(=O)[nH]1. The Hall–Kier alpha value is -1.30. The third-order valence-corrected chi connectivity index (χ3v) is 1.23. The van der Waals surface area contributed by atoms with Crippen LogP contribution in [0.25, 0.3) is 0 Å². The zero-order chi connectivity index (χ0) is 8.43. The second-order valence-electron chi connectivity index (χ2n) is 1.81. The maximum absolute atomic E-state index is 10.6. The predicted octanol–water partition coefficient (Wildman–Crippen LogP) is -0.867. The molecule has 0 amide bonds. The Morgan fingerprint density at radius 2 is 2.00 bits per heavy atom. The van der Waals surface area contributed by atoms with Crippen LogP contribution in [-0.2, 0) is 0 Å². The second kappa shape index (κ2) is 2.75. The first-order valence-corrected chi connectivity index (χ1v) is 3.11. The molecule has 0 aromatic carbocycles. The van der Waals surface area contributed by atoms with Crippen molar-refractivity contribution in [3.8, 4) is 0 Å². The Labute approximate surface area is 65.9 Å². The highest BCUT2D eigenvalue weighted by Crippen LogP contribution is 1.90. The van der Waals surface area contributed by atoms with Gasteiger partial charge in [-0.05, 0) is 0 Å². The molecule has 0 aliphatic heterocycles. The number of aromatic nitrogens is 2. The van der Waals surface area contributed by atoms with Gasteiger partial charge in [-0.3, -0.25) is 14.6 Å². The molecule has 2 N–H and O–H groups in total. The number of nitrogens with one attached hydrogen (secondary N) is 2. The molecule has 0 spiro atoms. The van der Waals surface area contributed by atoms with Gasteiger partial charge in [-0.1, -0.05) is 12.6 Å². The number of rotatable bonds is 1. The van der Waals surface area contributed by atoms with Crippen molar-refractivity contribution in [3.05, 3.63) is 32.6 Å². The fourth-order valence-electron chi connectivity index (χ4n) is 0.584. The molecule has 0 atom stereocenters. The monoisotopic (exact) mass is 172 g/mol. The van der Waals surface area contributed by atoms with Gasteiger partial charge in [0.25, 0.3) is 5.56 Å². The zero-order valence-electron chi connectivity index (χ0n) is 5.25. The molecule has 6 heteroatoms. The van der Waals surface area contributed by atoms with E-state index in [-0.39, 0.29) is 5.69 Å². The zero-order valence-corrected chi connectivity index (χ0v) is 6.14. The molecular formula is C5H4N2O3S. The summed E-state index contributed by atoms with van der Waals surface area (Å²) in [6.07, 6.45) is 0. The van der Waals surface area contributed by atoms with Crippen LogP contribution in [0.15, 0.2) is 15.7 Å². The van der Waals surface area contributed by atoms with Crippen LogP contribution in [0.2, 0.25) is 0 Å². The topological polar surface area (TPSA) is 82.8 Å². The lowest BCUT2D eigenvalue weighted by atomic mass is 10.4. The quantitative estimate of drug-likeness (QED) is 0.482. The first kappa shape index (κ1) is 7.80. The summed E-state index contributed by atoms with van der Waals surface area (Å²) in [5.74, 6) is 0. The third kappa shape index (κ3) is 1.81. The largest absolute Gasteiger partial charge is 0.326 e. The Balaban J connectivity index is 3.42. The fraction of sp³-hybridized carbons (Fsp3) is 0. The van der Waals surface area contributed by atoms with Gasteiger partial charge in [-0.25, -0.2) is 4.79 Å². The van der Waals surface area contributed by atoms with Gasteiger partial charge < -0.3 is 4.98 Å². The average Bonchev–Trinajstić information content (AvgIpc) is 1.85. The van der Waals surface area contributed by atoms with Crippen molar-refractivity contribution in [2.45, 2.75) is 0 Å². The predicted molar refractivity (Wildman–Crippen MR) is 41.0 cm³/mol. The van der Waals surface area contributed by atoms with E-state index in [1.807, 2.05) is 4.98 Å². The minimum atomic E-state index is -0.713. The lowest BCUT2D eigenvalue weighted by molar-refractivity contribution is 0.108. The first-order chi connectivity index (χ1) is 5.09. The Morgan fingerprint density at radius 3 is 2.45 bits per heavy atom. The molecule has 58 valence electrons. The number of hydrogen-bond acceptors (Lipinski definition) is 3. The van der Waals surface area contributed by atoms with Crippen molar-refractivity contribution in [2.24, 2.45) is 0 Å². The molecule has 0 aliphatic carbocycles. The lowest BCUT2D eigenvalue weighted by Crippen LogP contribution is -2.23. The van der Waals surface area contributed by atoms with E-state index in [0.717, 1.165) is 6.07 Å². The van der Waals surface area contributed by atoms with Gasteiger partial charge in [-0.2, -0.15) is 0 Å². The van der Waals surface area contributed by atoms with Crippen LogP contribution in [0.5, 0.6) is 0 Å². The van der Waals surface area contributed by atoms with Gasteiger partial charge in [-0.15, -0.1) is 0 Å². The van der Waals surface area contributed by atoms with Crippen molar-refractivity contribution < 1.29 is 4.79 Å². The lowest BCUT2D eigenvalue weighted by Gasteiger charge is -1.89. The van der Waals surface area contributed by atoms with Crippen LogP contribution < -0.4 is 11.2 Å². The molecule has 1 aromatic heterocycles. The van der Waals surface area contributed by atoms with Crippen molar-refractivity contribution in [3.63, 3.8) is 0 Å². The molecule has 1 heterocycles. The Morgan fingerprint density at radius 1 is 1.36 bits per heavy atom. The van der Waals surface area contributed by atoms with Crippen LogP contribution >= 0.6 is 12.6 Å². The van der Waals surface area contributed by atoms with Gasteiger partial charge in [0, 0.05) is 6.07 Å². The van der Waals surface area contributed by atoms with Crippen LogP contribution in [0.3, 0.4) is 0 Å². The van der Waals surface area contributed by atoms with Crippen molar-refractivity contribution >= 4 is 17.7 Å². The normalized spacial score (nSPS) is 9.55. The maximum atomic E-state index is 10.6. The summed E-state index contributed by atoms with van der Waals surface area (Å²) in [5, 5.41) is -0.645. The number of thiol groups is 1. The summed E-state index contributed by atoms with van der Waals surface area (Å²) in [5.41, 5.74) is -1.44. The van der Waals surface area contributed by atoms with Gasteiger partial charge in [0.15, 0.2) is 0 Å². The molecule has 11 heavy (non-hydrogen) atoms. The minimum Gasteiger partial charge on any atom is -0.303 e. The summed E-state index contributed by atoms with van der Waals surface area (Å²) >= 11 is 3.42. The van der Waals surface area contributed by atoms with Gasteiger partial charge >= 0.3 is 5.69 Å². The molecule has 0 saturated carbocycles. The molecule has 0 bridgehead atoms. The fourth-order valence-corrected chi connectivity index (χ4v) is 0.704. The number of H-pyrrole nitrogens is 2. The van der Waals surface area contributed by atoms with E-state index in [4.69, 9.17) is 0 Å². The summed E-state index contributed by atoms with van der Waals surface area (Å²) in [4.78, 5) is 35.6. The smallest absolute Gasteiger partial charge is 0.303 e. The Kier molecular flexibility index (Phi) is 1.95. The first-order valence-electron chi connectivity index (χ1n) is 2.66. The van der Waals surface area contributed by atoms with Crippen LogP contribution in [0.1, 0.15) is 10.5 Å². The summed E-state index contributed by atoms with van der Waals surface area (Å²) in [7, 11) is 0. The van der Waals surface area contributed by atoms with Gasteiger partial charge in [0.1, 0.15) is 5.69 Å². The third-order valence-electron chi connectivity index (χ3n) is 0.991. The van der Waals surface area contributed by atoms with E-state index < -0.39 is 16.4 Å². The van der Waals surface area contributed by atoms with Gasteiger partial charge in [0.2, 0.25) is 5.12 Å². The second-order valence-corrected chi connectivity index (χ2v) is 2.21. The molecule has 0 fully saturated rings. The van der Waals surface area contributed by atoms with Crippen LogP contribution in [-0.4, -0.2) is 15.1 Å². The average molecular weight is 172 g/mol. The van der Waals surface area contributed by atoms with Crippen LogP contribution in [0.4, 0.5) is 0 Å². The van der Waals surface area contributed by atoms with E-state index in [1.54, 1.807) is 0 Å². The standard InChI is InChI=1S/C5H4N2O3S/c8-3-1-2(4(9)11)6-5(10)7-3/h1H,(H,9,11)(H2,6,7,8,10). The van der Waals surface area contributed by atoms with E-state index in [1.165, 1.54) is 0 Å². The highest BCUT2D eigenvalue weighted by Gasteiger charge is 2.01. The maximum Gasteiger partial charge on any atom is 0.326 e. The van der Waals surface area contributed by atoms with E-state index in [9.17, 15) is 14.4 Å².